The minimum absolute atomic E-state index is 0.152. The number of benzene rings is 3. The molecule has 3 aromatic carbocycles. The SMILES string of the molecule is CC1=CC2=CC(C(c3ccccc3)(c3ccccc3)c3ccccc3)=C1C2=O.O=S=O. The lowest BCUT2D eigenvalue weighted by atomic mass is 9.63. The van der Waals surface area contributed by atoms with Crippen LogP contribution in [0.15, 0.2) is 125 Å². The first-order chi connectivity index (χ1) is 15.1. The van der Waals surface area contributed by atoms with Gasteiger partial charge >= 0.3 is 11.6 Å². The highest BCUT2D eigenvalue weighted by Gasteiger charge is 2.46. The van der Waals surface area contributed by atoms with Crippen LogP contribution >= 0.6 is 0 Å². The highest BCUT2D eigenvalue weighted by Crippen LogP contribution is 2.52. The van der Waals surface area contributed by atoms with Crippen LogP contribution in [-0.4, -0.2) is 14.2 Å². The summed E-state index contributed by atoms with van der Waals surface area (Å²) in [6.45, 7) is 2.04. The van der Waals surface area contributed by atoms with Crippen molar-refractivity contribution in [2.45, 2.75) is 12.3 Å². The number of ketones is 1. The molecule has 0 atom stereocenters. The number of fused-ring (bicyclic) bond motifs is 2. The molecule has 31 heavy (non-hydrogen) atoms. The highest BCUT2D eigenvalue weighted by atomic mass is 32.1. The zero-order valence-electron chi connectivity index (χ0n) is 16.9. The van der Waals surface area contributed by atoms with Crippen molar-refractivity contribution < 1.29 is 13.2 Å². The van der Waals surface area contributed by atoms with E-state index in [0.717, 1.165) is 22.3 Å². The second kappa shape index (κ2) is 8.62. The van der Waals surface area contributed by atoms with E-state index in [1.807, 2.05) is 31.2 Å². The molecular weight excluding hydrogens is 404 g/mol. The van der Waals surface area contributed by atoms with Gasteiger partial charge in [0.25, 0.3) is 0 Å². The van der Waals surface area contributed by atoms with Crippen LogP contribution in [0.2, 0.25) is 0 Å². The Bertz CT molecular complexity index is 1150. The third-order valence-corrected chi connectivity index (χ3v) is 5.85. The number of rotatable bonds is 4. The van der Waals surface area contributed by atoms with Gasteiger partial charge in [0.15, 0.2) is 5.78 Å². The summed E-state index contributed by atoms with van der Waals surface area (Å²) in [5.41, 5.74) is 6.76. The van der Waals surface area contributed by atoms with Crippen molar-refractivity contribution in [3.05, 3.63) is 142 Å². The third kappa shape index (κ3) is 3.35. The van der Waals surface area contributed by atoms with E-state index < -0.39 is 17.0 Å². The molecule has 2 aliphatic rings. The van der Waals surface area contributed by atoms with E-state index in [0.29, 0.717) is 0 Å². The van der Waals surface area contributed by atoms with E-state index >= 15 is 0 Å². The number of carbonyl (C=O) groups excluding carboxylic acids is 1. The van der Waals surface area contributed by atoms with E-state index in [9.17, 15) is 4.79 Å². The molecule has 3 nitrogen and oxygen atoms in total. The molecule has 4 heteroatoms. The molecule has 0 N–H and O–H groups in total. The van der Waals surface area contributed by atoms with Gasteiger partial charge in [0, 0.05) is 11.1 Å². The Kier molecular flexibility index (Phi) is 5.74. The van der Waals surface area contributed by atoms with Crippen molar-refractivity contribution in [3.8, 4) is 0 Å². The van der Waals surface area contributed by atoms with Crippen LogP contribution in [0.5, 0.6) is 0 Å². The Morgan fingerprint density at radius 3 is 1.35 bits per heavy atom. The molecule has 0 aromatic heterocycles. The molecule has 0 unspecified atom stereocenters. The molecule has 0 amide bonds. The van der Waals surface area contributed by atoms with Crippen molar-refractivity contribution in [3.63, 3.8) is 0 Å². The maximum Gasteiger partial charge on any atom is 0.335 e. The normalized spacial score (nSPS) is 14.5. The number of carbonyl (C=O) groups is 1. The van der Waals surface area contributed by atoms with Gasteiger partial charge in [0.1, 0.15) is 0 Å². The fourth-order valence-electron chi connectivity index (χ4n) is 4.69. The molecule has 0 heterocycles. The standard InChI is InChI=1S/C27H20O.O2S/c1-19-17-20-18-24(25(19)26(20)28)27(21-11-5-2-6-12-21,22-13-7-3-8-14-22)23-15-9-4-10-16-23;1-3-2/h2-18H,1H3;. The first-order valence-corrected chi connectivity index (χ1v) is 10.6. The molecule has 152 valence electrons. The van der Waals surface area contributed by atoms with Crippen molar-refractivity contribution >= 4 is 17.4 Å². The molecular formula is C27H20O3S. The van der Waals surface area contributed by atoms with Gasteiger partial charge in [-0.3, -0.25) is 4.79 Å². The summed E-state index contributed by atoms with van der Waals surface area (Å²) in [6.07, 6.45) is 4.10. The lowest BCUT2D eigenvalue weighted by molar-refractivity contribution is -0.111. The van der Waals surface area contributed by atoms with E-state index in [4.69, 9.17) is 8.42 Å². The van der Waals surface area contributed by atoms with E-state index in [1.165, 1.54) is 16.7 Å². The summed E-state index contributed by atoms with van der Waals surface area (Å²) in [5.74, 6) is 0.152. The molecule has 0 spiro atoms. The number of hydrogen-bond acceptors (Lipinski definition) is 3. The molecule has 3 aromatic rings. The van der Waals surface area contributed by atoms with Crippen LogP contribution < -0.4 is 0 Å². The van der Waals surface area contributed by atoms with Crippen LogP contribution in [0.1, 0.15) is 23.6 Å². The minimum Gasteiger partial charge on any atom is -0.289 e. The number of allylic oxidation sites excluding steroid dienone is 6. The van der Waals surface area contributed by atoms with Gasteiger partial charge in [0.05, 0.1) is 5.41 Å². The van der Waals surface area contributed by atoms with Crippen LogP contribution in [0.4, 0.5) is 0 Å². The molecule has 2 aliphatic carbocycles. The molecule has 0 saturated carbocycles. The highest BCUT2D eigenvalue weighted by molar-refractivity contribution is 7.51. The lowest BCUT2D eigenvalue weighted by Gasteiger charge is -2.38. The van der Waals surface area contributed by atoms with Gasteiger partial charge in [-0.1, -0.05) is 91.0 Å². The smallest absolute Gasteiger partial charge is 0.289 e. The van der Waals surface area contributed by atoms with Crippen molar-refractivity contribution in [1.82, 2.24) is 0 Å². The molecule has 0 fully saturated rings. The summed E-state index contributed by atoms with van der Waals surface area (Å²) in [4.78, 5) is 13.0. The Morgan fingerprint density at radius 1 is 0.645 bits per heavy atom. The monoisotopic (exact) mass is 424 g/mol. The van der Waals surface area contributed by atoms with E-state index in [1.54, 1.807) is 0 Å². The zero-order chi connectivity index (χ0) is 21.8. The molecule has 5 rings (SSSR count). The van der Waals surface area contributed by atoms with Gasteiger partial charge in [-0.25, -0.2) is 0 Å². The fourth-order valence-corrected chi connectivity index (χ4v) is 4.69. The summed E-state index contributed by atoms with van der Waals surface area (Å²) in [6, 6.07) is 31.6. The summed E-state index contributed by atoms with van der Waals surface area (Å²) in [5, 5.41) is 0. The minimum atomic E-state index is -0.750. The fraction of sp³-hybridized carbons (Fsp3) is 0.0741. The van der Waals surface area contributed by atoms with Gasteiger partial charge in [0.2, 0.25) is 0 Å². The predicted octanol–water partition coefficient (Wildman–Crippen LogP) is 5.12. The van der Waals surface area contributed by atoms with Crippen molar-refractivity contribution in [1.29, 1.82) is 0 Å². The molecule has 0 saturated heterocycles. The van der Waals surface area contributed by atoms with Gasteiger partial charge in [-0.15, -0.1) is 0 Å². The average molecular weight is 425 g/mol. The zero-order valence-corrected chi connectivity index (χ0v) is 17.8. The topological polar surface area (TPSA) is 51.2 Å². The molecule has 0 radical (unpaired) electrons. The Balaban J connectivity index is 0.000000730. The largest absolute Gasteiger partial charge is 0.335 e. The third-order valence-electron chi connectivity index (χ3n) is 5.85. The summed E-state index contributed by atoms with van der Waals surface area (Å²) >= 11 is -0.750. The summed E-state index contributed by atoms with van der Waals surface area (Å²) < 4.78 is 16.6. The van der Waals surface area contributed by atoms with Crippen LogP contribution in [0.25, 0.3) is 0 Å². The van der Waals surface area contributed by atoms with E-state index in [-0.39, 0.29) is 5.78 Å². The van der Waals surface area contributed by atoms with Crippen LogP contribution in [0, 0.1) is 0 Å². The van der Waals surface area contributed by atoms with Gasteiger partial charge in [-0.2, -0.15) is 8.42 Å². The second-order valence-corrected chi connectivity index (χ2v) is 7.60. The second-order valence-electron chi connectivity index (χ2n) is 7.46. The Labute approximate surface area is 185 Å². The van der Waals surface area contributed by atoms with Gasteiger partial charge < -0.3 is 0 Å². The van der Waals surface area contributed by atoms with Crippen molar-refractivity contribution in [2.75, 3.05) is 0 Å². The Hall–Kier alpha value is -3.63. The van der Waals surface area contributed by atoms with Crippen molar-refractivity contribution in [2.24, 2.45) is 0 Å². The predicted molar refractivity (Wildman–Crippen MR) is 122 cm³/mol. The number of hydrogen-bond donors (Lipinski definition) is 0. The first-order valence-electron chi connectivity index (χ1n) is 9.92. The lowest BCUT2D eigenvalue weighted by Crippen LogP contribution is -2.32. The molecule has 2 bridgehead atoms. The Morgan fingerprint density at radius 2 is 1.03 bits per heavy atom. The molecule has 0 aliphatic heterocycles. The quantitative estimate of drug-likeness (QED) is 0.547. The number of Topliss-reactive ketones (excluding diaryl/α,β-unsaturated/α-hetero) is 1. The maximum absolute atomic E-state index is 13.0. The average Bonchev–Trinajstić information content (AvgIpc) is 3.27. The van der Waals surface area contributed by atoms with E-state index in [2.05, 4.69) is 78.9 Å². The maximum atomic E-state index is 13.0. The van der Waals surface area contributed by atoms with Crippen LogP contribution in [0.3, 0.4) is 0 Å². The summed E-state index contributed by atoms with van der Waals surface area (Å²) in [7, 11) is 0. The van der Waals surface area contributed by atoms with Gasteiger partial charge in [-0.05, 0) is 46.9 Å². The van der Waals surface area contributed by atoms with Crippen LogP contribution in [-0.2, 0) is 21.8 Å². The first kappa shape index (κ1) is 20.6.